The number of aromatic nitrogens is 2. The van der Waals surface area contributed by atoms with E-state index in [-0.39, 0.29) is 5.41 Å². The van der Waals surface area contributed by atoms with Crippen LogP contribution in [0.25, 0.3) is 0 Å². The SMILES string of the molecule is CC1(c2nc(CSc3ccccc3Br)no2)CCCNC1. The molecule has 1 aromatic carbocycles. The molecule has 1 atom stereocenters. The lowest BCUT2D eigenvalue weighted by Gasteiger charge is -2.30. The standard InChI is InChI=1S/C15H18BrN3OS/c1-15(7-4-8-17-10-15)14-18-13(19-20-14)9-21-12-6-3-2-5-11(12)16/h2-3,5-6,17H,4,7-10H2,1H3. The molecule has 1 aliphatic heterocycles. The van der Waals surface area contributed by atoms with Crippen molar-refractivity contribution < 1.29 is 4.52 Å². The van der Waals surface area contributed by atoms with Crippen molar-refractivity contribution in [3.05, 3.63) is 40.5 Å². The van der Waals surface area contributed by atoms with Crippen LogP contribution >= 0.6 is 27.7 Å². The normalized spacial score (nSPS) is 22.4. The number of rotatable bonds is 4. The van der Waals surface area contributed by atoms with Crippen LogP contribution in [0.4, 0.5) is 0 Å². The van der Waals surface area contributed by atoms with E-state index < -0.39 is 0 Å². The number of nitrogens with zero attached hydrogens (tertiary/aromatic N) is 2. The van der Waals surface area contributed by atoms with Gasteiger partial charge in [0.1, 0.15) is 0 Å². The van der Waals surface area contributed by atoms with E-state index in [1.165, 1.54) is 4.90 Å². The molecule has 0 aliphatic carbocycles. The highest BCUT2D eigenvalue weighted by Crippen LogP contribution is 2.32. The first-order valence-corrected chi connectivity index (χ1v) is 8.86. The molecule has 1 saturated heterocycles. The fraction of sp³-hybridized carbons (Fsp3) is 0.467. The number of benzene rings is 1. The number of nitrogens with one attached hydrogen (secondary N) is 1. The van der Waals surface area contributed by atoms with Crippen LogP contribution < -0.4 is 5.32 Å². The molecule has 4 nitrogen and oxygen atoms in total. The Morgan fingerprint density at radius 3 is 3.05 bits per heavy atom. The molecule has 0 spiro atoms. The summed E-state index contributed by atoms with van der Waals surface area (Å²) in [6, 6.07) is 8.17. The third kappa shape index (κ3) is 3.49. The first-order valence-electron chi connectivity index (χ1n) is 7.08. The minimum Gasteiger partial charge on any atom is -0.339 e. The topological polar surface area (TPSA) is 51.0 Å². The highest BCUT2D eigenvalue weighted by Gasteiger charge is 2.34. The maximum Gasteiger partial charge on any atom is 0.233 e. The summed E-state index contributed by atoms with van der Waals surface area (Å²) in [6.07, 6.45) is 2.25. The lowest BCUT2D eigenvalue weighted by Crippen LogP contribution is -2.41. The summed E-state index contributed by atoms with van der Waals surface area (Å²) in [5.74, 6) is 2.24. The van der Waals surface area contributed by atoms with E-state index in [0.29, 0.717) is 0 Å². The van der Waals surface area contributed by atoms with Crippen molar-refractivity contribution in [2.24, 2.45) is 0 Å². The predicted octanol–water partition coefficient (Wildman–Crippen LogP) is 3.77. The van der Waals surface area contributed by atoms with E-state index >= 15 is 0 Å². The molecule has 2 aromatic rings. The average molecular weight is 368 g/mol. The summed E-state index contributed by atoms with van der Waals surface area (Å²) in [5, 5.41) is 7.54. The molecule has 1 aliphatic rings. The molecule has 21 heavy (non-hydrogen) atoms. The number of hydrogen-bond acceptors (Lipinski definition) is 5. The highest BCUT2D eigenvalue weighted by atomic mass is 79.9. The van der Waals surface area contributed by atoms with Crippen LogP contribution in [0, 0.1) is 0 Å². The zero-order valence-electron chi connectivity index (χ0n) is 11.9. The molecule has 0 bridgehead atoms. The van der Waals surface area contributed by atoms with Gasteiger partial charge in [-0.2, -0.15) is 4.98 Å². The van der Waals surface area contributed by atoms with Gasteiger partial charge in [-0.3, -0.25) is 0 Å². The zero-order valence-corrected chi connectivity index (χ0v) is 14.3. The van der Waals surface area contributed by atoms with Crippen molar-refractivity contribution >= 4 is 27.7 Å². The van der Waals surface area contributed by atoms with Gasteiger partial charge >= 0.3 is 0 Å². The van der Waals surface area contributed by atoms with Crippen molar-refractivity contribution in [2.45, 2.75) is 35.8 Å². The third-order valence-corrected chi connectivity index (χ3v) is 5.80. The summed E-state index contributed by atoms with van der Waals surface area (Å²) < 4.78 is 6.60. The second-order valence-corrected chi connectivity index (χ2v) is 7.45. The monoisotopic (exact) mass is 367 g/mol. The van der Waals surface area contributed by atoms with Crippen LogP contribution in [-0.2, 0) is 11.2 Å². The van der Waals surface area contributed by atoms with E-state index in [9.17, 15) is 0 Å². The number of halogens is 1. The van der Waals surface area contributed by atoms with E-state index in [1.54, 1.807) is 11.8 Å². The second kappa shape index (κ2) is 6.50. The third-order valence-electron chi connectivity index (χ3n) is 3.78. The van der Waals surface area contributed by atoms with Gasteiger partial charge in [0.05, 0.1) is 11.2 Å². The van der Waals surface area contributed by atoms with Crippen molar-refractivity contribution in [2.75, 3.05) is 13.1 Å². The zero-order chi connectivity index (χ0) is 14.7. The summed E-state index contributed by atoms with van der Waals surface area (Å²) in [4.78, 5) is 5.79. The van der Waals surface area contributed by atoms with Crippen molar-refractivity contribution in [1.29, 1.82) is 0 Å². The Morgan fingerprint density at radius 2 is 2.29 bits per heavy atom. The van der Waals surface area contributed by atoms with Gasteiger partial charge in [0.2, 0.25) is 5.89 Å². The molecule has 0 amide bonds. The first kappa shape index (κ1) is 15.1. The fourth-order valence-corrected chi connectivity index (χ4v) is 3.91. The van der Waals surface area contributed by atoms with Gasteiger partial charge in [0.15, 0.2) is 5.82 Å². The summed E-state index contributed by atoms with van der Waals surface area (Å²) in [6.45, 7) is 4.18. The lowest BCUT2D eigenvalue weighted by atomic mass is 9.83. The Bertz CT molecular complexity index is 610. The highest BCUT2D eigenvalue weighted by molar-refractivity contribution is 9.10. The molecule has 2 heterocycles. The minimum absolute atomic E-state index is 0.0263. The Hall–Kier alpha value is -0.850. The van der Waals surface area contributed by atoms with Crippen LogP contribution in [0.5, 0.6) is 0 Å². The maximum atomic E-state index is 5.50. The molecule has 0 saturated carbocycles. The van der Waals surface area contributed by atoms with Gasteiger partial charge in [0.25, 0.3) is 0 Å². The molecule has 112 valence electrons. The Balaban J connectivity index is 1.67. The van der Waals surface area contributed by atoms with Gasteiger partial charge in [0, 0.05) is 15.9 Å². The van der Waals surface area contributed by atoms with Gasteiger partial charge < -0.3 is 9.84 Å². The van der Waals surface area contributed by atoms with E-state index in [4.69, 9.17) is 4.52 Å². The molecule has 1 N–H and O–H groups in total. The Labute approximate surface area is 137 Å². The molecule has 3 rings (SSSR count). The second-order valence-electron chi connectivity index (χ2n) is 5.58. The van der Waals surface area contributed by atoms with Gasteiger partial charge in [-0.05, 0) is 54.4 Å². The maximum absolute atomic E-state index is 5.50. The number of thioether (sulfide) groups is 1. The van der Waals surface area contributed by atoms with Crippen molar-refractivity contribution in [1.82, 2.24) is 15.5 Å². The number of piperidine rings is 1. The minimum atomic E-state index is -0.0263. The first-order chi connectivity index (χ1) is 10.2. The fourth-order valence-electron chi connectivity index (χ4n) is 2.50. The summed E-state index contributed by atoms with van der Waals surface area (Å²) in [5.41, 5.74) is -0.0263. The molecular formula is C15H18BrN3OS. The Kier molecular flexibility index (Phi) is 4.66. The van der Waals surface area contributed by atoms with Crippen molar-refractivity contribution in [3.63, 3.8) is 0 Å². The van der Waals surface area contributed by atoms with Crippen LogP contribution in [-0.4, -0.2) is 23.2 Å². The quantitative estimate of drug-likeness (QED) is 0.833. The molecule has 1 fully saturated rings. The average Bonchev–Trinajstić information content (AvgIpc) is 2.97. The van der Waals surface area contributed by atoms with Crippen LogP contribution in [0.2, 0.25) is 0 Å². The van der Waals surface area contributed by atoms with E-state index in [0.717, 1.165) is 47.9 Å². The lowest BCUT2D eigenvalue weighted by molar-refractivity contribution is 0.245. The molecular weight excluding hydrogens is 350 g/mol. The molecule has 1 aromatic heterocycles. The van der Waals surface area contributed by atoms with E-state index in [1.807, 2.05) is 18.2 Å². The summed E-state index contributed by atoms with van der Waals surface area (Å²) >= 11 is 5.26. The van der Waals surface area contributed by atoms with Crippen LogP contribution in [0.3, 0.4) is 0 Å². The van der Waals surface area contributed by atoms with Crippen LogP contribution in [0.1, 0.15) is 31.5 Å². The summed E-state index contributed by atoms with van der Waals surface area (Å²) in [7, 11) is 0. The molecule has 0 radical (unpaired) electrons. The van der Waals surface area contributed by atoms with Gasteiger partial charge in [-0.1, -0.05) is 17.3 Å². The number of hydrogen-bond donors (Lipinski definition) is 1. The molecule has 1 unspecified atom stereocenters. The predicted molar refractivity (Wildman–Crippen MR) is 87.5 cm³/mol. The van der Waals surface area contributed by atoms with Crippen LogP contribution in [0.15, 0.2) is 38.2 Å². The largest absolute Gasteiger partial charge is 0.339 e. The van der Waals surface area contributed by atoms with Gasteiger partial charge in [-0.25, -0.2) is 0 Å². The van der Waals surface area contributed by atoms with E-state index in [2.05, 4.69) is 44.4 Å². The smallest absolute Gasteiger partial charge is 0.233 e. The molecule has 6 heteroatoms. The van der Waals surface area contributed by atoms with Crippen molar-refractivity contribution in [3.8, 4) is 0 Å². The Morgan fingerprint density at radius 1 is 1.43 bits per heavy atom. The van der Waals surface area contributed by atoms with Gasteiger partial charge in [-0.15, -0.1) is 11.8 Å².